The number of carbonyl (C=O) groups excluding carboxylic acids is 1. The minimum Gasteiger partial charge on any atom is -0.455 e. The quantitative estimate of drug-likeness (QED) is 0.282. The lowest BCUT2D eigenvalue weighted by molar-refractivity contribution is -0.135. The second kappa shape index (κ2) is 13.9. The van der Waals surface area contributed by atoms with E-state index in [0.29, 0.717) is 68.0 Å². The maximum atomic E-state index is 14.9. The summed E-state index contributed by atoms with van der Waals surface area (Å²) in [5.41, 5.74) is 0.783. The fourth-order valence-corrected chi connectivity index (χ4v) is 6.86. The van der Waals surface area contributed by atoms with Gasteiger partial charge in [0.2, 0.25) is 5.91 Å². The highest BCUT2D eigenvalue weighted by Crippen LogP contribution is 2.36. The molecule has 1 saturated heterocycles. The molecule has 8 nitrogen and oxygen atoms in total. The van der Waals surface area contributed by atoms with Gasteiger partial charge in [-0.25, -0.2) is 17.8 Å². The van der Waals surface area contributed by atoms with Crippen molar-refractivity contribution < 1.29 is 27.1 Å². The fraction of sp³-hybridized carbons (Fsp3) is 0.385. The Bertz CT molecular complexity index is 1380. The summed E-state index contributed by atoms with van der Waals surface area (Å²) in [4.78, 5) is 17.5. The van der Waals surface area contributed by atoms with Crippen molar-refractivity contribution in [2.45, 2.75) is 29.9 Å². The van der Waals surface area contributed by atoms with Crippen molar-refractivity contribution in [2.75, 3.05) is 39.4 Å². The molecule has 1 N–H and O–H groups in total. The van der Waals surface area contributed by atoms with Crippen molar-refractivity contribution in [3.63, 3.8) is 0 Å². The molecule has 0 unspecified atom stereocenters. The molecule has 1 amide bonds. The fourth-order valence-electron chi connectivity index (χ4n) is 4.05. The van der Waals surface area contributed by atoms with E-state index >= 15 is 0 Å². The molecule has 2 heterocycles. The number of nitrogens with one attached hydrogen (secondary N) is 1. The maximum absolute atomic E-state index is 14.9. The molecular weight excluding hydrogens is 588 g/mol. The lowest BCUT2D eigenvalue weighted by Gasteiger charge is -2.26. The van der Waals surface area contributed by atoms with Gasteiger partial charge < -0.3 is 19.7 Å². The van der Waals surface area contributed by atoms with Crippen molar-refractivity contribution in [2.24, 2.45) is 0 Å². The molecule has 0 spiro atoms. The summed E-state index contributed by atoms with van der Waals surface area (Å²) in [7, 11) is -3.99. The first kappa shape index (κ1) is 29.7. The number of carbonyl (C=O) groups is 1. The normalized spacial score (nSPS) is 14.0. The summed E-state index contributed by atoms with van der Waals surface area (Å²) in [5.74, 6) is -0.846. The van der Waals surface area contributed by atoms with Gasteiger partial charge in [0.25, 0.3) is 0 Å². The zero-order chi connectivity index (χ0) is 27.8. The van der Waals surface area contributed by atoms with Gasteiger partial charge in [0.15, 0.2) is 9.84 Å². The standard InChI is InChI=1S/C26H28Cl2FN3O5S2/c27-19-3-4-22(18(14-19)2-1-6-30-7-5-26(33)32-9-11-36-12-10-32)37-23-16-21(29)24(15-20(23)28)39(34,35)17-25-31-8-13-38-25/h3-4,8,13-16,30H,1-2,5-7,9-12,17H2. The van der Waals surface area contributed by atoms with E-state index in [9.17, 15) is 17.6 Å². The Labute approximate surface area is 241 Å². The summed E-state index contributed by atoms with van der Waals surface area (Å²) >= 11 is 13.7. The van der Waals surface area contributed by atoms with Gasteiger partial charge in [0.05, 0.1) is 18.2 Å². The molecule has 0 atom stereocenters. The van der Waals surface area contributed by atoms with E-state index in [1.165, 1.54) is 17.5 Å². The third kappa shape index (κ3) is 8.36. The molecule has 0 bridgehead atoms. The van der Waals surface area contributed by atoms with Gasteiger partial charge in [-0.05, 0) is 49.2 Å². The van der Waals surface area contributed by atoms with E-state index in [2.05, 4.69) is 10.3 Å². The van der Waals surface area contributed by atoms with E-state index in [1.807, 2.05) is 4.90 Å². The molecular formula is C26H28Cl2FN3O5S2. The zero-order valence-corrected chi connectivity index (χ0v) is 24.1. The largest absolute Gasteiger partial charge is 0.455 e. The molecule has 210 valence electrons. The van der Waals surface area contributed by atoms with Crippen LogP contribution in [0.2, 0.25) is 10.0 Å². The Balaban J connectivity index is 1.34. The second-order valence-corrected chi connectivity index (χ2v) is 12.6. The van der Waals surface area contributed by atoms with Gasteiger partial charge >= 0.3 is 0 Å². The number of hydrogen-bond acceptors (Lipinski definition) is 8. The molecule has 13 heteroatoms. The molecule has 39 heavy (non-hydrogen) atoms. The van der Waals surface area contributed by atoms with E-state index < -0.39 is 26.3 Å². The van der Waals surface area contributed by atoms with Crippen LogP contribution in [0, 0.1) is 5.82 Å². The molecule has 0 radical (unpaired) electrons. The maximum Gasteiger partial charge on any atom is 0.224 e. The number of ether oxygens (including phenoxy) is 2. The average molecular weight is 617 g/mol. The van der Waals surface area contributed by atoms with Crippen molar-refractivity contribution in [3.8, 4) is 11.5 Å². The van der Waals surface area contributed by atoms with Crippen LogP contribution in [-0.4, -0.2) is 63.6 Å². The van der Waals surface area contributed by atoms with Crippen LogP contribution in [0.25, 0.3) is 0 Å². The van der Waals surface area contributed by atoms with E-state index in [-0.39, 0.29) is 16.7 Å². The molecule has 3 aromatic rings. The van der Waals surface area contributed by atoms with Gasteiger partial charge in [0.1, 0.15) is 33.0 Å². The Kier molecular flexibility index (Phi) is 10.6. The number of halogens is 3. The number of morpholine rings is 1. The number of aromatic nitrogens is 1. The van der Waals surface area contributed by atoms with Crippen LogP contribution in [0.4, 0.5) is 4.39 Å². The van der Waals surface area contributed by atoms with Gasteiger partial charge in [-0.2, -0.15) is 0 Å². The van der Waals surface area contributed by atoms with Crippen molar-refractivity contribution >= 4 is 50.3 Å². The predicted molar refractivity (Wildman–Crippen MR) is 149 cm³/mol. The highest BCUT2D eigenvalue weighted by molar-refractivity contribution is 7.90. The van der Waals surface area contributed by atoms with Gasteiger partial charge in [-0.15, -0.1) is 11.3 Å². The number of nitrogens with zero attached hydrogens (tertiary/aromatic N) is 2. The number of benzene rings is 2. The van der Waals surface area contributed by atoms with E-state index in [4.69, 9.17) is 32.7 Å². The highest BCUT2D eigenvalue weighted by atomic mass is 35.5. The number of aryl methyl sites for hydroxylation is 1. The Morgan fingerprint density at radius 2 is 1.95 bits per heavy atom. The first-order valence-corrected chi connectivity index (χ1v) is 15.6. The molecule has 1 aliphatic heterocycles. The summed E-state index contributed by atoms with van der Waals surface area (Å²) in [5, 5.41) is 5.76. The van der Waals surface area contributed by atoms with E-state index in [0.717, 1.165) is 24.1 Å². The van der Waals surface area contributed by atoms with E-state index in [1.54, 1.807) is 23.6 Å². The van der Waals surface area contributed by atoms with Crippen molar-refractivity contribution in [3.05, 3.63) is 68.3 Å². The van der Waals surface area contributed by atoms with Crippen molar-refractivity contribution in [1.29, 1.82) is 0 Å². The van der Waals surface area contributed by atoms with Gasteiger partial charge in [0, 0.05) is 48.7 Å². The minimum atomic E-state index is -3.99. The van der Waals surface area contributed by atoms with Gasteiger partial charge in [-0.3, -0.25) is 4.79 Å². The van der Waals surface area contributed by atoms with Crippen molar-refractivity contribution in [1.82, 2.24) is 15.2 Å². The predicted octanol–water partition coefficient (Wildman–Crippen LogP) is 5.13. The summed E-state index contributed by atoms with van der Waals surface area (Å²) in [6.45, 7) is 3.67. The molecule has 0 aliphatic carbocycles. The van der Waals surface area contributed by atoms with Crippen LogP contribution in [-0.2, 0) is 31.5 Å². The Morgan fingerprint density at radius 1 is 1.15 bits per heavy atom. The molecule has 1 aliphatic rings. The van der Waals surface area contributed by atoms with Gasteiger partial charge in [-0.1, -0.05) is 23.2 Å². The first-order valence-electron chi connectivity index (χ1n) is 12.4. The number of rotatable bonds is 12. The lowest BCUT2D eigenvalue weighted by Crippen LogP contribution is -2.41. The van der Waals surface area contributed by atoms with Crippen LogP contribution in [0.5, 0.6) is 11.5 Å². The number of hydrogen-bond donors (Lipinski definition) is 1. The second-order valence-electron chi connectivity index (χ2n) is 8.85. The third-order valence-corrected chi connectivity index (χ3v) is 9.17. The van der Waals surface area contributed by atoms with Crippen LogP contribution < -0.4 is 10.1 Å². The minimum absolute atomic E-state index is 0.00862. The SMILES string of the molecule is O=C(CCNCCCc1cc(Cl)ccc1Oc1cc(F)c(S(=O)(=O)Cc2nccs2)cc1Cl)N1CCOCC1. The highest BCUT2D eigenvalue weighted by Gasteiger charge is 2.24. The van der Waals surface area contributed by atoms with Crippen LogP contribution in [0.15, 0.2) is 46.8 Å². The third-order valence-electron chi connectivity index (χ3n) is 6.04. The zero-order valence-electron chi connectivity index (χ0n) is 21.0. The molecule has 0 saturated carbocycles. The average Bonchev–Trinajstić information content (AvgIpc) is 3.42. The lowest BCUT2D eigenvalue weighted by atomic mass is 10.1. The Hall–Kier alpha value is -2.28. The summed E-state index contributed by atoms with van der Waals surface area (Å²) in [6, 6.07) is 7.10. The van der Waals surface area contributed by atoms with Crippen LogP contribution in [0.1, 0.15) is 23.4 Å². The van der Waals surface area contributed by atoms with Crippen LogP contribution in [0.3, 0.4) is 0 Å². The topological polar surface area (TPSA) is 97.8 Å². The molecule has 2 aromatic carbocycles. The Morgan fingerprint density at radius 3 is 2.69 bits per heavy atom. The molecule has 4 rings (SSSR count). The molecule has 1 fully saturated rings. The first-order chi connectivity index (χ1) is 18.7. The summed E-state index contributed by atoms with van der Waals surface area (Å²) in [6.07, 6.45) is 3.24. The van der Waals surface area contributed by atoms with Crippen LogP contribution >= 0.6 is 34.5 Å². The summed E-state index contributed by atoms with van der Waals surface area (Å²) < 4.78 is 51.6. The monoisotopic (exact) mass is 615 g/mol. The smallest absolute Gasteiger partial charge is 0.224 e. The number of sulfone groups is 1. The molecule has 1 aromatic heterocycles. The number of amides is 1. The number of thiazole rings is 1.